The molecule has 0 bridgehead atoms. The summed E-state index contributed by atoms with van der Waals surface area (Å²) in [5.74, 6) is -1.78. The number of benzene rings is 4. The highest BCUT2D eigenvalue weighted by Crippen LogP contribution is 2.54. The van der Waals surface area contributed by atoms with E-state index in [4.69, 9.17) is 4.74 Å². The van der Waals surface area contributed by atoms with Crippen LogP contribution in [0, 0.1) is 13.8 Å². The number of esters is 1. The first-order valence-corrected chi connectivity index (χ1v) is 22.1. The highest BCUT2D eigenvalue weighted by molar-refractivity contribution is 6.02. The normalized spacial score (nSPS) is 16.5. The Morgan fingerprint density at radius 3 is 1.39 bits per heavy atom. The average Bonchev–Trinajstić information content (AvgIpc) is 4.23. The lowest BCUT2D eigenvalue weighted by Crippen LogP contribution is -2.28. The van der Waals surface area contributed by atoms with E-state index in [2.05, 4.69) is 39.5 Å². The van der Waals surface area contributed by atoms with Gasteiger partial charge in [0.1, 0.15) is 17.2 Å². The van der Waals surface area contributed by atoms with Crippen molar-refractivity contribution >= 4 is 47.8 Å². The van der Waals surface area contributed by atoms with E-state index >= 15 is 0 Å². The highest BCUT2D eigenvalue weighted by atomic mass is 35.5. The fourth-order valence-corrected chi connectivity index (χ4v) is 8.22. The second-order valence-electron chi connectivity index (χ2n) is 18.4. The summed E-state index contributed by atoms with van der Waals surface area (Å²) in [5, 5.41) is 14.9. The van der Waals surface area contributed by atoms with Gasteiger partial charge in [-0.15, -0.1) is 30.0 Å². The van der Waals surface area contributed by atoms with Gasteiger partial charge in [-0.2, -0.15) is 0 Å². The Bertz CT molecular complexity index is 3140. The Morgan fingerprint density at radius 2 is 0.986 bits per heavy atom. The Labute approximate surface area is 410 Å². The standard InChI is InChI=1S/C28H26F2N2O5.C24H18F2N2O5.ClH/c1-16-8-11-22(31-23(16)17-6-5-7-18(14-17)24(33)37-26(2,3)4)32-25(34)27(12-13-27)19-9-10-20-21(15-19)36-28(29,30)35-20;1-13-5-8-19(27-20(13)14-3-2-4-15(11-14)21(29)30)28-22(31)23(9-10-23)16-6-7-17-18(12-16)33-24(25,26)32-17;/h5-11,14-15H,12-13H2,1-4H3,(H,31,32,34);2-8,11-12H,9-10H2,1H3,(H,29,30)(H,27,28,31);1H. The van der Waals surface area contributed by atoms with Crippen molar-refractivity contribution in [3.8, 4) is 45.5 Å². The number of alkyl halides is 4. The maximum atomic E-state index is 13.4. The quantitative estimate of drug-likeness (QED) is 0.0873. The van der Waals surface area contributed by atoms with Gasteiger partial charge in [0, 0.05) is 11.1 Å². The molecule has 0 saturated heterocycles. The van der Waals surface area contributed by atoms with Gasteiger partial charge in [0.25, 0.3) is 0 Å². The van der Waals surface area contributed by atoms with Gasteiger partial charge in [-0.1, -0.05) is 48.5 Å². The first kappa shape index (κ1) is 49.7. The largest absolute Gasteiger partial charge is 0.586 e. The Hall–Kier alpha value is -7.73. The Balaban J connectivity index is 0.000000189. The van der Waals surface area contributed by atoms with E-state index in [1.54, 1.807) is 81.4 Å². The van der Waals surface area contributed by atoms with Crippen LogP contribution in [0.1, 0.15) is 89.4 Å². The fraction of sp³-hybridized carbons (Fsp3) is 0.269. The lowest BCUT2D eigenvalue weighted by Gasteiger charge is -2.19. The van der Waals surface area contributed by atoms with Crippen molar-refractivity contribution < 1.29 is 65.5 Å². The fourth-order valence-electron chi connectivity index (χ4n) is 8.22. The summed E-state index contributed by atoms with van der Waals surface area (Å²) in [6, 6.07) is 29.1. The Kier molecular flexibility index (Phi) is 12.7. The number of anilines is 2. The molecule has 4 aliphatic rings. The third-order valence-corrected chi connectivity index (χ3v) is 12.1. The van der Waals surface area contributed by atoms with Crippen molar-refractivity contribution in [3.05, 3.63) is 143 Å². The number of rotatable bonds is 10. The van der Waals surface area contributed by atoms with Gasteiger partial charge in [0.2, 0.25) is 11.8 Å². The molecule has 4 heterocycles. The van der Waals surface area contributed by atoms with Crippen LogP contribution in [0.5, 0.6) is 23.0 Å². The molecule has 2 aliphatic carbocycles. The molecule has 0 radical (unpaired) electrons. The van der Waals surface area contributed by atoms with Crippen LogP contribution < -0.4 is 29.6 Å². The minimum atomic E-state index is -3.72. The molecule has 14 nitrogen and oxygen atoms in total. The van der Waals surface area contributed by atoms with Crippen molar-refractivity contribution in [1.82, 2.24) is 9.97 Å². The van der Waals surface area contributed by atoms with Crippen LogP contribution in [0.3, 0.4) is 0 Å². The second-order valence-corrected chi connectivity index (χ2v) is 18.4. The summed E-state index contributed by atoms with van der Waals surface area (Å²) in [6.45, 7) is 9.14. The zero-order valence-electron chi connectivity index (χ0n) is 38.7. The van der Waals surface area contributed by atoms with Crippen molar-refractivity contribution in [2.45, 2.75) is 89.3 Å². The van der Waals surface area contributed by atoms with Crippen LogP contribution in [-0.2, 0) is 25.2 Å². The molecule has 4 aromatic carbocycles. The molecular formula is C52H45ClF4N4O10. The summed E-state index contributed by atoms with van der Waals surface area (Å²) >= 11 is 0. The van der Waals surface area contributed by atoms with Crippen LogP contribution in [-0.4, -0.2) is 57.0 Å². The van der Waals surface area contributed by atoms with Crippen molar-refractivity contribution in [3.63, 3.8) is 0 Å². The summed E-state index contributed by atoms with van der Waals surface area (Å²) in [7, 11) is 0. The lowest BCUT2D eigenvalue weighted by molar-refractivity contribution is -0.287. The summed E-state index contributed by atoms with van der Waals surface area (Å²) in [6.07, 6.45) is -5.22. The summed E-state index contributed by atoms with van der Waals surface area (Å²) < 4.78 is 77.0. The van der Waals surface area contributed by atoms with Gasteiger partial charge < -0.3 is 39.4 Å². The number of aromatic nitrogens is 2. The number of hydrogen-bond donors (Lipinski definition) is 3. The number of carboxylic acids is 1. The maximum absolute atomic E-state index is 13.4. The van der Waals surface area contributed by atoms with E-state index in [0.717, 1.165) is 11.1 Å². The molecule has 368 valence electrons. The van der Waals surface area contributed by atoms with E-state index in [1.807, 2.05) is 26.0 Å². The third-order valence-electron chi connectivity index (χ3n) is 12.1. The molecule has 6 aromatic rings. The van der Waals surface area contributed by atoms with Gasteiger partial charge in [0.15, 0.2) is 23.0 Å². The number of halogens is 5. The number of carbonyl (C=O) groups excluding carboxylic acids is 3. The van der Waals surface area contributed by atoms with Crippen molar-refractivity contribution in [2.75, 3.05) is 10.6 Å². The molecule has 2 fully saturated rings. The number of carbonyl (C=O) groups is 4. The first-order valence-electron chi connectivity index (χ1n) is 22.1. The number of fused-ring (bicyclic) bond motifs is 2. The van der Waals surface area contributed by atoms with E-state index in [0.29, 0.717) is 76.5 Å². The number of hydrogen-bond acceptors (Lipinski definition) is 11. The van der Waals surface area contributed by atoms with Crippen LogP contribution in [0.2, 0.25) is 0 Å². The van der Waals surface area contributed by atoms with Crippen molar-refractivity contribution in [2.24, 2.45) is 0 Å². The molecule has 3 N–H and O–H groups in total. The SMILES string of the molecule is Cc1ccc(NC(=O)C2(c3ccc4c(c3)OC(F)(F)O4)CC2)nc1-c1cccc(C(=O)O)c1.Cc1ccc(NC(=O)C2(c3ccc4c(c3)OC(F)(F)O4)CC2)nc1-c1cccc(C(=O)OC(C)(C)C)c1.Cl. The molecule has 2 aliphatic heterocycles. The van der Waals surface area contributed by atoms with E-state index in [-0.39, 0.29) is 52.8 Å². The molecule has 71 heavy (non-hydrogen) atoms. The molecule has 0 atom stereocenters. The number of aryl methyl sites for hydroxylation is 2. The third kappa shape index (κ3) is 10.4. The first-order chi connectivity index (χ1) is 33.0. The number of nitrogens with zero attached hydrogens (tertiary/aromatic N) is 2. The summed E-state index contributed by atoms with van der Waals surface area (Å²) in [5.41, 5.74) is 3.45. The van der Waals surface area contributed by atoms with Gasteiger partial charge in [0.05, 0.1) is 33.3 Å². The lowest BCUT2D eigenvalue weighted by atomic mass is 9.94. The average molecular weight is 997 g/mol. The van der Waals surface area contributed by atoms with E-state index < -0.39 is 41.0 Å². The van der Waals surface area contributed by atoms with E-state index in [1.165, 1.54) is 36.4 Å². The predicted molar refractivity (Wildman–Crippen MR) is 253 cm³/mol. The molecule has 2 saturated carbocycles. The minimum absolute atomic E-state index is 0. The number of carboxylic acid groups (broad SMARTS) is 1. The number of ether oxygens (including phenoxy) is 5. The molecule has 0 spiro atoms. The second kappa shape index (κ2) is 18.2. The Morgan fingerprint density at radius 1 is 0.577 bits per heavy atom. The summed E-state index contributed by atoms with van der Waals surface area (Å²) in [4.78, 5) is 59.5. The zero-order valence-corrected chi connectivity index (χ0v) is 39.5. The smallest absolute Gasteiger partial charge is 0.478 e. The molecule has 0 unspecified atom stereocenters. The van der Waals surface area contributed by atoms with Crippen LogP contribution in [0.15, 0.2) is 109 Å². The van der Waals surface area contributed by atoms with Gasteiger partial charge in [-0.05, 0) is 143 Å². The molecular weight excluding hydrogens is 952 g/mol. The van der Waals surface area contributed by atoms with Gasteiger partial charge in [-0.3, -0.25) is 9.59 Å². The monoisotopic (exact) mass is 996 g/mol. The van der Waals surface area contributed by atoms with Crippen LogP contribution in [0.4, 0.5) is 29.2 Å². The zero-order chi connectivity index (χ0) is 50.0. The van der Waals surface area contributed by atoms with Gasteiger partial charge in [-0.25, -0.2) is 19.6 Å². The number of amides is 2. The minimum Gasteiger partial charge on any atom is -0.478 e. The van der Waals surface area contributed by atoms with E-state index in [9.17, 15) is 41.8 Å². The predicted octanol–water partition coefficient (Wildman–Crippen LogP) is 11.2. The topological polar surface area (TPSA) is 184 Å². The van der Waals surface area contributed by atoms with Crippen LogP contribution in [0.25, 0.3) is 22.5 Å². The molecule has 2 aromatic heterocycles. The number of pyridine rings is 2. The molecule has 2 amide bonds. The molecule has 19 heteroatoms. The number of nitrogens with one attached hydrogen (secondary N) is 2. The van der Waals surface area contributed by atoms with Gasteiger partial charge >= 0.3 is 24.5 Å². The van der Waals surface area contributed by atoms with Crippen molar-refractivity contribution in [1.29, 1.82) is 0 Å². The molecule has 10 rings (SSSR count). The maximum Gasteiger partial charge on any atom is 0.586 e. The van der Waals surface area contributed by atoms with Crippen LogP contribution >= 0.6 is 12.4 Å². The number of aromatic carboxylic acids is 1. The highest BCUT2D eigenvalue weighted by Gasteiger charge is 2.54.